The van der Waals surface area contributed by atoms with Crippen LogP contribution in [0.25, 0.3) is 5.95 Å². The molecule has 0 unspecified atom stereocenters. The zero-order valence-corrected chi connectivity index (χ0v) is 18.4. The zero-order valence-electron chi connectivity index (χ0n) is 18.4. The fourth-order valence-corrected chi connectivity index (χ4v) is 4.75. The maximum atomic E-state index is 13.4. The highest BCUT2D eigenvalue weighted by Gasteiger charge is 2.38. The van der Waals surface area contributed by atoms with Crippen LogP contribution in [0.4, 0.5) is 0 Å². The number of aromatic nitrogens is 4. The van der Waals surface area contributed by atoms with Crippen molar-refractivity contribution < 1.29 is 4.79 Å². The van der Waals surface area contributed by atoms with Crippen LogP contribution in [0.5, 0.6) is 0 Å². The molecule has 0 aromatic carbocycles. The Hall–Kier alpha value is -2.24. The summed E-state index contributed by atoms with van der Waals surface area (Å²) in [6.45, 7) is 10.3. The highest BCUT2D eigenvalue weighted by Crippen LogP contribution is 2.36. The molecule has 6 nitrogen and oxygen atoms in total. The van der Waals surface area contributed by atoms with Crippen LogP contribution in [0.3, 0.4) is 0 Å². The summed E-state index contributed by atoms with van der Waals surface area (Å²) in [5.74, 6) is 1.64. The molecule has 156 valence electrons. The third kappa shape index (κ3) is 4.21. The van der Waals surface area contributed by atoms with Crippen molar-refractivity contribution in [3.63, 3.8) is 0 Å². The van der Waals surface area contributed by atoms with Gasteiger partial charge in [-0.05, 0) is 78.2 Å². The van der Waals surface area contributed by atoms with Gasteiger partial charge in [-0.1, -0.05) is 6.92 Å². The second-order valence-electron chi connectivity index (χ2n) is 9.13. The molecule has 1 amide bonds. The lowest BCUT2D eigenvalue weighted by molar-refractivity contribution is -0.134. The summed E-state index contributed by atoms with van der Waals surface area (Å²) in [4.78, 5) is 24.7. The Balaban J connectivity index is 1.57. The van der Waals surface area contributed by atoms with E-state index >= 15 is 0 Å². The van der Waals surface area contributed by atoms with Crippen molar-refractivity contribution >= 4 is 5.91 Å². The molecule has 2 aromatic rings. The summed E-state index contributed by atoms with van der Waals surface area (Å²) in [6.07, 6.45) is 7.51. The molecule has 2 fully saturated rings. The van der Waals surface area contributed by atoms with Crippen molar-refractivity contribution in [2.24, 2.45) is 5.92 Å². The Kier molecular flexibility index (Phi) is 5.45. The van der Waals surface area contributed by atoms with Crippen LogP contribution in [0.2, 0.25) is 0 Å². The number of hydrogen-bond donors (Lipinski definition) is 0. The van der Waals surface area contributed by atoms with Crippen molar-refractivity contribution in [2.75, 3.05) is 0 Å². The average Bonchev–Trinajstić information content (AvgIpc) is 3.45. The maximum absolute atomic E-state index is 13.4. The van der Waals surface area contributed by atoms with Gasteiger partial charge in [-0.15, -0.1) is 0 Å². The molecule has 2 aliphatic carbocycles. The van der Waals surface area contributed by atoms with E-state index in [-0.39, 0.29) is 5.91 Å². The molecule has 0 atom stereocenters. The summed E-state index contributed by atoms with van der Waals surface area (Å²) in [5.41, 5.74) is 4.72. The lowest BCUT2D eigenvalue weighted by Crippen LogP contribution is -2.44. The van der Waals surface area contributed by atoms with Crippen LogP contribution in [-0.2, 0) is 11.2 Å². The standard InChI is InChI=1S/C23H33N5O/c1-14-6-8-19(9-7-14)27(20-10-11-20)22(29)13-21-17(4)26-28(18(21)5)23-24-15(2)12-16(3)25-23/h12,14,19-20H,6-11,13H2,1-5H3. The summed E-state index contributed by atoms with van der Waals surface area (Å²) < 4.78 is 1.79. The van der Waals surface area contributed by atoms with Gasteiger partial charge in [-0.3, -0.25) is 4.79 Å². The number of hydrogen-bond acceptors (Lipinski definition) is 4. The molecule has 2 aromatic heterocycles. The van der Waals surface area contributed by atoms with Crippen LogP contribution in [0, 0.1) is 33.6 Å². The number of amides is 1. The van der Waals surface area contributed by atoms with Crippen LogP contribution < -0.4 is 0 Å². The molecule has 0 bridgehead atoms. The van der Waals surface area contributed by atoms with Gasteiger partial charge in [0.1, 0.15) is 0 Å². The molecular formula is C23H33N5O. The molecule has 0 aliphatic heterocycles. The van der Waals surface area contributed by atoms with Crippen molar-refractivity contribution in [3.05, 3.63) is 34.4 Å². The SMILES string of the molecule is Cc1cc(C)nc(-n2nc(C)c(CC(=O)N(C3CCC(C)CC3)C3CC3)c2C)n1. The van der Waals surface area contributed by atoms with Gasteiger partial charge in [-0.2, -0.15) is 5.10 Å². The van der Waals surface area contributed by atoms with Gasteiger partial charge in [0, 0.05) is 34.7 Å². The van der Waals surface area contributed by atoms with E-state index in [9.17, 15) is 4.79 Å². The smallest absolute Gasteiger partial charge is 0.251 e. The molecule has 2 aliphatic rings. The lowest BCUT2D eigenvalue weighted by atomic mass is 9.86. The minimum atomic E-state index is 0.263. The molecule has 0 spiro atoms. The third-order valence-corrected chi connectivity index (χ3v) is 6.54. The lowest BCUT2D eigenvalue weighted by Gasteiger charge is -2.36. The first-order chi connectivity index (χ1) is 13.8. The van der Waals surface area contributed by atoms with E-state index in [1.54, 1.807) is 4.68 Å². The van der Waals surface area contributed by atoms with Gasteiger partial charge in [0.05, 0.1) is 12.1 Å². The Morgan fingerprint density at radius 1 is 1.00 bits per heavy atom. The second-order valence-corrected chi connectivity index (χ2v) is 9.13. The molecule has 6 heteroatoms. The normalized spacial score (nSPS) is 22.0. The van der Waals surface area contributed by atoms with Gasteiger partial charge in [0.2, 0.25) is 5.91 Å². The van der Waals surface area contributed by atoms with Gasteiger partial charge in [-0.25, -0.2) is 14.6 Å². The quantitative estimate of drug-likeness (QED) is 0.767. The minimum Gasteiger partial charge on any atom is -0.336 e. The molecule has 0 radical (unpaired) electrons. The van der Waals surface area contributed by atoms with Crippen LogP contribution in [-0.4, -0.2) is 42.6 Å². The molecule has 2 saturated carbocycles. The molecule has 29 heavy (non-hydrogen) atoms. The Morgan fingerprint density at radius 2 is 1.55 bits per heavy atom. The summed E-state index contributed by atoms with van der Waals surface area (Å²) in [7, 11) is 0. The van der Waals surface area contributed by atoms with Gasteiger partial charge in [0.25, 0.3) is 5.95 Å². The molecular weight excluding hydrogens is 362 g/mol. The monoisotopic (exact) mass is 395 g/mol. The second kappa shape index (κ2) is 7.88. The molecule has 4 rings (SSSR count). The van der Waals surface area contributed by atoms with Gasteiger partial charge >= 0.3 is 0 Å². The van der Waals surface area contributed by atoms with Crippen molar-refractivity contribution in [1.29, 1.82) is 0 Å². The first kappa shape index (κ1) is 20.0. The number of aryl methyl sites for hydroxylation is 3. The first-order valence-electron chi connectivity index (χ1n) is 11.0. The fraction of sp³-hybridized carbons (Fsp3) is 0.652. The van der Waals surface area contributed by atoms with E-state index in [2.05, 4.69) is 26.9 Å². The van der Waals surface area contributed by atoms with Crippen LogP contribution in [0.15, 0.2) is 6.07 Å². The van der Waals surface area contributed by atoms with E-state index in [1.165, 1.54) is 12.8 Å². The highest BCUT2D eigenvalue weighted by atomic mass is 16.2. The number of nitrogens with zero attached hydrogens (tertiary/aromatic N) is 5. The van der Waals surface area contributed by atoms with Crippen LogP contribution in [0.1, 0.15) is 73.8 Å². The fourth-order valence-electron chi connectivity index (χ4n) is 4.75. The van der Waals surface area contributed by atoms with E-state index in [1.807, 2.05) is 33.8 Å². The van der Waals surface area contributed by atoms with Crippen molar-refractivity contribution in [1.82, 2.24) is 24.6 Å². The summed E-state index contributed by atoms with van der Waals surface area (Å²) >= 11 is 0. The van der Waals surface area contributed by atoms with Gasteiger partial charge < -0.3 is 4.90 Å². The summed E-state index contributed by atoms with van der Waals surface area (Å²) in [5, 5.41) is 4.68. The predicted molar refractivity (Wildman–Crippen MR) is 113 cm³/mol. The average molecular weight is 396 g/mol. The highest BCUT2D eigenvalue weighted by molar-refractivity contribution is 5.80. The summed E-state index contributed by atoms with van der Waals surface area (Å²) in [6, 6.07) is 2.84. The van der Waals surface area contributed by atoms with Crippen LogP contribution >= 0.6 is 0 Å². The number of carbonyl (C=O) groups is 1. The third-order valence-electron chi connectivity index (χ3n) is 6.54. The maximum Gasteiger partial charge on any atom is 0.251 e. The van der Waals surface area contributed by atoms with E-state index < -0.39 is 0 Å². The first-order valence-corrected chi connectivity index (χ1v) is 11.0. The topological polar surface area (TPSA) is 63.9 Å². The van der Waals surface area contributed by atoms with Crippen molar-refractivity contribution in [3.8, 4) is 5.95 Å². The predicted octanol–water partition coefficient (Wildman–Crippen LogP) is 4.01. The van der Waals surface area contributed by atoms with E-state index in [0.29, 0.717) is 24.5 Å². The largest absolute Gasteiger partial charge is 0.336 e. The van der Waals surface area contributed by atoms with Gasteiger partial charge in [0.15, 0.2) is 0 Å². The Bertz CT molecular complexity index is 886. The Labute approximate surface area is 173 Å². The molecule has 0 N–H and O–H groups in total. The molecule has 0 saturated heterocycles. The van der Waals surface area contributed by atoms with E-state index in [0.717, 1.165) is 59.9 Å². The van der Waals surface area contributed by atoms with Crippen molar-refractivity contribution in [2.45, 2.75) is 91.6 Å². The Morgan fingerprint density at radius 3 is 2.10 bits per heavy atom. The number of carbonyl (C=O) groups excluding carboxylic acids is 1. The minimum absolute atomic E-state index is 0.263. The van der Waals surface area contributed by atoms with E-state index in [4.69, 9.17) is 0 Å². The molecule has 2 heterocycles. The number of rotatable bonds is 5. The zero-order chi connectivity index (χ0) is 20.7.